The van der Waals surface area contributed by atoms with Gasteiger partial charge in [-0.3, -0.25) is 0 Å². The monoisotopic (exact) mass is 209 g/mol. The van der Waals surface area contributed by atoms with E-state index in [1.165, 1.54) is 0 Å². The summed E-state index contributed by atoms with van der Waals surface area (Å²) in [6.45, 7) is 4.23. The molecule has 0 aliphatic rings. The van der Waals surface area contributed by atoms with Crippen molar-refractivity contribution in [3.8, 4) is 0 Å². The van der Waals surface area contributed by atoms with Gasteiger partial charge in [0.05, 0.1) is 5.69 Å². The number of aromatic nitrogens is 3. The lowest BCUT2D eigenvalue weighted by molar-refractivity contribution is 0.392. The second-order valence-electron chi connectivity index (χ2n) is 3.10. The van der Waals surface area contributed by atoms with Crippen LogP contribution >= 0.6 is 0 Å². The average molecular weight is 209 g/mol. The third-order valence-electron chi connectivity index (χ3n) is 2.04. The average Bonchev–Trinajstić information content (AvgIpc) is 2.73. The first-order valence-electron chi connectivity index (χ1n) is 4.41. The fraction of sp³-hybridized carbons (Fsp3) is 0.375. The molecule has 0 aromatic carbocycles. The van der Waals surface area contributed by atoms with Gasteiger partial charge in [-0.15, -0.1) is 0 Å². The van der Waals surface area contributed by atoms with Gasteiger partial charge >= 0.3 is 12.0 Å². The molecule has 0 saturated carbocycles. The molecule has 15 heavy (non-hydrogen) atoms. The molecule has 0 radical (unpaired) electrons. The summed E-state index contributed by atoms with van der Waals surface area (Å²) >= 11 is 0. The van der Waals surface area contributed by atoms with E-state index in [0.29, 0.717) is 6.54 Å². The molecule has 0 aliphatic heterocycles. The van der Waals surface area contributed by atoms with Gasteiger partial charge in [0.25, 0.3) is 0 Å². The second-order valence-corrected chi connectivity index (χ2v) is 3.10. The van der Waals surface area contributed by atoms with Crippen LogP contribution in [0.4, 0.5) is 12.0 Å². The highest BCUT2D eigenvalue weighted by Gasteiger charge is 2.09. The zero-order chi connectivity index (χ0) is 10.8. The van der Waals surface area contributed by atoms with Crippen molar-refractivity contribution in [2.75, 3.05) is 11.1 Å². The van der Waals surface area contributed by atoms with Crippen molar-refractivity contribution in [3.05, 3.63) is 17.0 Å². The Kier molecular flexibility index (Phi) is 2.28. The molecule has 2 rings (SSSR count). The predicted molar refractivity (Wildman–Crippen MR) is 52.0 cm³/mol. The van der Waals surface area contributed by atoms with Crippen molar-refractivity contribution >= 4 is 12.0 Å². The predicted octanol–water partition coefficient (Wildman–Crippen LogP) is 0.869. The Morgan fingerprint density at radius 2 is 2.13 bits per heavy atom. The van der Waals surface area contributed by atoms with Crippen LogP contribution in [0.25, 0.3) is 0 Å². The minimum absolute atomic E-state index is 0.0382. The lowest BCUT2D eigenvalue weighted by Crippen LogP contribution is -2.01. The Morgan fingerprint density at radius 1 is 1.33 bits per heavy atom. The van der Waals surface area contributed by atoms with Crippen LogP contribution < -0.4 is 11.1 Å². The van der Waals surface area contributed by atoms with E-state index in [4.69, 9.17) is 14.7 Å². The van der Waals surface area contributed by atoms with Gasteiger partial charge in [0, 0.05) is 12.1 Å². The fourth-order valence-corrected chi connectivity index (χ4v) is 1.22. The minimum atomic E-state index is 0.0382. The van der Waals surface area contributed by atoms with Gasteiger partial charge in [0.15, 0.2) is 0 Å². The normalized spacial score (nSPS) is 10.5. The molecular formula is C8H11N5O2. The van der Waals surface area contributed by atoms with Gasteiger partial charge in [0.2, 0.25) is 0 Å². The van der Waals surface area contributed by atoms with Gasteiger partial charge in [-0.05, 0) is 13.8 Å². The zero-order valence-corrected chi connectivity index (χ0v) is 8.44. The molecule has 0 saturated heterocycles. The van der Waals surface area contributed by atoms with E-state index in [2.05, 4.69) is 20.7 Å². The number of rotatable bonds is 3. The Hall–Kier alpha value is -2.05. The summed E-state index contributed by atoms with van der Waals surface area (Å²) in [6.07, 6.45) is 0. The highest BCUT2D eigenvalue weighted by Crippen LogP contribution is 2.14. The minimum Gasteiger partial charge on any atom is -0.390 e. The first kappa shape index (κ1) is 9.50. The van der Waals surface area contributed by atoms with Crippen molar-refractivity contribution in [2.45, 2.75) is 20.4 Å². The Balaban J connectivity index is 2.05. The van der Waals surface area contributed by atoms with Crippen molar-refractivity contribution in [3.63, 3.8) is 0 Å². The number of nitrogen functional groups attached to an aromatic ring is 1. The van der Waals surface area contributed by atoms with Crippen LogP contribution in [-0.2, 0) is 6.54 Å². The van der Waals surface area contributed by atoms with Gasteiger partial charge in [-0.25, -0.2) is 0 Å². The van der Waals surface area contributed by atoms with E-state index in [1.807, 2.05) is 13.8 Å². The summed E-state index contributed by atoms with van der Waals surface area (Å²) in [5.41, 5.74) is 7.09. The molecule has 80 valence electrons. The molecule has 0 amide bonds. The molecule has 3 N–H and O–H groups in total. The van der Waals surface area contributed by atoms with E-state index in [-0.39, 0.29) is 12.0 Å². The van der Waals surface area contributed by atoms with E-state index < -0.39 is 0 Å². The van der Waals surface area contributed by atoms with Gasteiger partial charge < -0.3 is 20.0 Å². The second kappa shape index (κ2) is 3.60. The number of hydrogen-bond donors (Lipinski definition) is 2. The van der Waals surface area contributed by atoms with Crippen molar-refractivity contribution in [1.29, 1.82) is 0 Å². The Morgan fingerprint density at radius 3 is 2.67 bits per heavy atom. The summed E-state index contributed by atoms with van der Waals surface area (Å²) in [4.78, 5) is 0. The van der Waals surface area contributed by atoms with Crippen LogP contribution in [0.15, 0.2) is 8.94 Å². The maximum absolute atomic E-state index is 5.28. The van der Waals surface area contributed by atoms with E-state index in [9.17, 15) is 0 Å². The quantitative estimate of drug-likeness (QED) is 0.772. The van der Waals surface area contributed by atoms with Crippen LogP contribution in [0.1, 0.15) is 17.0 Å². The molecule has 0 atom stereocenters. The summed E-state index contributed by atoms with van der Waals surface area (Å²) in [5, 5.41) is 13.9. The zero-order valence-electron chi connectivity index (χ0n) is 8.44. The molecule has 7 nitrogen and oxygen atoms in total. The van der Waals surface area contributed by atoms with Crippen LogP contribution in [-0.4, -0.2) is 15.4 Å². The van der Waals surface area contributed by atoms with Crippen LogP contribution in [0.3, 0.4) is 0 Å². The number of aryl methyl sites for hydroxylation is 2. The van der Waals surface area contributed by atoms with E-state index >= 15 is 0 Å². The van der Waals surface area contributed by atoms with Gasteiger partial charge in [-0.1, -0.05) is 15.4 Å². The fourth-order valence-electron chi connectivity index (χ4n) is 1.22. The molecule has 0 aliphatic carbocycles. The first-order chi connectivity index (χ1) is 7.16. The molecular weight excluding hydrogens is 198 g/mol. The lowest BCUT2D eigenvalue weighted by atomic mass is 10.2. The molecule has 0 bridgehead atoms. The van der Waals surface area contributed by atoms with Crippen molar-refractivity contribution in [1.82, 2.24) is 15.4 Å². The topological polar surface area (TPSA) is 103 Å². The largest absolute Gasteiger partial charge is 0.390 e. The molecule has 0 fully saturated rings. The summed E-state index contributed by atoms with van der Waals surface area (Å²) < 4.78 is 9.96. The maximum Gasteiger partial charge on any atom is 0.317 e. The number of nitrogens with zero attached hydrogens (tertiary/aromatic N) is 3. The first-order valence-corrected chi connectivity index (χ1v) is 4.41. The highest BCUT2D eigenvalue weighted by molar-refractivity contribution is 5.28. The Labute approximate surface area is 85.6 Å². The molecule has 2 heterocycles. The third-order valence-corrected chi connectivity index (χ3v) is 2.04. The van der Waals surface area contributed by atoms with Crippen molar-refractivity contribution < 1.29 is 8.94 Å². The number of hydrogen-bond acceptors (Lipinski definition) is 7. The standard InChI is InChI=1S/C8H11N5O2/c1-4-6(5(2)15-13-4)3-10-8-12-11-7(9)14-8/h3H2,1-2H3,(H2,9,11)(H,10,12). The van der Waals surface area contributed by atoms with E-state index in [0.717, 1.165) is 17.0 Å². The Bertz CT molecular complexity index is 442. The maximum atomic E-state index is 5.28. The summed E-state index contributed by atoms with van der Waals surface area (Å²) in [6, 6.07) is 0.323. The smallest absolute Gasteiger partial charge is 0.317 e. The SMILES string of the molecule is Cc1noc(C)c1CNc1nnc(N)o1. The molecule has 2 aromatic heterocycles. The third kappa shape index (κ3) is 1.90. The number of anilines is 2. The molecule has 0 spiro atoms. The number of nitrogens with one attached hydrogen (secondary N) is 1. The molecule has 7 heteroatoms. The lowest BCUT2D eigenvalue weighted by Gasteiger charge is -1.99. The van der Waals surface area contributed by atoms with Gasteiger partial charge in [-0.2, -0.15) is 0 Å². The van der Waals surface area contributed by atoms with Crippen molar-refractivity contribution in [2.24, 2.45) is 0 Å². The van der Waals surface area contributed by atoms with E-state index in [1.54, 1.807) is 0 Å². The molecule has 2 aromatic rings. The molecule has 0 unspecified atom stereocenters. The van der Waals surface area contributed by atoms with Crippen LogP contribution in [0.2, 0.25) is 0 Å². The van der Waals surface area contributed by atoms with Crippen LogP contribution in [0, 0.1) is 13.8 Å². The highest BCUT2D eigenvalue weighted by atomic mass is 16.5. The van der Waals surface area contributed by atoms with Crippen LogP contribution in [0.5, 0.6) is 0 Å². The van der Waals surface area contributed by atoms with Gasteiger partial charge in [0.1, 0.15) is 5.76 Å². The number of nitrogens with two attached hydrogens (primary N) is 1. The summed E-state index contributed by atoms with van der Waals surface area (Å²) in [7, 11) is 0. The summed E-state index contributed by atoms with van der Waals surface area (Å²) in [5.74, 6) is 0.771.